The van der Waals surface area contributed by atoms with Crippen LogP contribution >= 0.6 is 0 Å². The van der Waals surface area contributed by atoms with E-state index in [-0.39, 0.29) is 5.41 Å². The van der Waals surface area contributed by atoms with E-state index in [0.717, 1.165) is 16.9 Å². The molecule has 2 heterocycles. The van der Waals surface area contributed by atoms with Crippen LogP contribution in [0, 0.1) is 0 Å². The molecule has 0 radical (unpaired) electrons. The summed E-state index contributed by atoms with van der Waals surface area (Å²) in [6.07, 6.45) is 0. The van der Waals surface area contributed by atoms with E-state index in [2.05, 4.69) is 241 Å². The Morgan fingerprint density at radius 3 is 1.26 bits per heavy atom. The second-order valence-corrected chi connectivity index (χ2v) is 19.6. The second-order valence-electron chi connectivity index (χ2n) is 19.6. The molecule has 11 aromatic carbocycles. The molecule has 0 amide bonds. The van der Waals surface area contributed by atoms with Gasteiger partial charge in [0.1, 0.15) is 0 Å². The molecule has 15 rings (SSSR count). The van der Waals surface area contributed by atoms with Crippen molar-refractivity contribution in [1.82, 2.24) is 9.13 Å². The van der Waals surface area contributed by atoms with Crippen LogP contribution in [0.1, 0.15) is 36.1 Å². The molecule has 0 N–H and O–H groups in total. The summed E-state index contributed by atoms with van der Waals surface area (Å²) in [6.45, 7) is 9.68. The van der Waals surface area contributed by atoms with Crippen molar-refractivity contribution >= 4 is 70.7 Å². The standard InChI is InChI=1S/C67H44N2/c1-40-43-18-4-5-19-44(43)50-25-16-27-54(63(40)50)64-51-36-34-42(69-61-32-14-9-23-48(61)49-24-10-15-33-62(49)69)39-57(51)65(55-28-17-26-53-45-20-6-11-29-58(45)67(2,3)66(53)55)52-37-35-41(38-56(52)64)68-59-30-12-7-21-46(59)47-22-8-13-31-60(47)68/h4-39H,1H2,2-3H3. The predicted octanol–water partition coefficient (Wildman–Crippen LogP) is 17.9. The SMILES string of the molecule is C=C1c2ccccc2-c2cccc(-c3c4cc(-n5c6ccccc6c6ccccc65)ccc4c(-c4cccc5c4C(C)(C)c4ccccc4-5)c4cc(-n5c6ccccc6c6ccccc65)ccc34)c21. The first-order valence-corrected chi connectivity index (χ1v) is 24.1. The number of nitrogens with zero attached hydrogens (tertiary/aromatic N) is 2. The van der Waals surface area contributed by atoms with Crippen molar-refractivity contribution in [3.05, 3.63) is 247 Å². The minimum absolute atomic E-state index is 0.239. The van der Waals surface area contributed by atoms with E-state index in [0.29, 0.717) is 0 Å². The predicted molar refractivity (Wildman–Crippen MR) is 292 cm³/mol. The van der Waals surface area contributed by atoms with Crippen LogP contribution in [0.3, 0.4) is 0 Å². The minimum atomic E-state index is -0.239. The third-order valence-electron chi connectivity index (χ3n) is 15.8. The molecule has 322 valence electrons. The zero-order valence-electron chi connectivity index (χ0n) is 38.4. The topological polar surface area (TPSA) is 9.86 Å². The average Bonchev–Trinajstić information content (AvgIpc) is 4.09. The van der Waals surface area contributed by atoms with Gasteiger partial charge in [-0.3, -0.25) is 0 Å². The molecule has 0 atom stereocenters. The molecule has 13 aromatic rings. The van der Waals surface area contributed by atoms with Gasteiger partial charge in [0.15, 0.2) is 0 Å². The van der Waals surface area contributed by atoms with Crippen molar-refractivity contribution in [2.45, 2.75) is 19.3 Å². The zero-order chi connectivity index (χ0) is 45.7. The first kappa shape index (κ1) is 38.4. The molecule has 69 heavy (non-hydrogen) atoms. The summed E-state index contributed by atoms with van der Waals surface area (Å²) in [7, 11) is 0. The second kappa shape index (κ2) is 13.9. The highest BCUT2D eigenvalue weighted by atomic mass is 15.0. The molecule has 0 bridgehead atoms. The summed E-state index contributed by atoms with van der Waals surface area (Å²) in [5.74, 6) is 0. The number of aromatic nitrogens is 2. The molecular weight excluding hydrogens is 833 g/mol. The van der Waals surface area contributed by atoms with Gasteiger partial charge in [0.05, 0.1) is 22.1 Å². The maximum absolute atomic E-state index is 4.85. The number of rotatable bonds is 4. The minimum Gasteiger partial charge on any atom is -0.309 e. The maximum atomic E-state index is 4.85. The normalized spacial score (nSPS) is 13.5. The molecule has 2 heteroatoms. The lowest BCUT2D eigenvalue weighted by Crippen LogP contribution is -2.16. The highest BCUT2D eigenvalue weighted by Gasteiger charge is 2.38. The monoisotopic (exact) mass is 876 g/mol. The zero-order valence-corrected chi connectivity index (χ0v) is 38.4. The first-order chi connectivity index (χ1) is 34.0. The van der Waals surface area contributed by atoms with E-state index in [4.69, 9.17) is 6.58 Å². The summed E-state index contributed by atoms with van der Waals surface area (Å²) in [6, 6.07) is 81.6. The molecule has 2 aromatic heterocycles. The Kier molecular flexibility index (Phi) is 7.74. The summed E-state index contributed by atoms with van der Waals surface area (Å²) in [5, 5.41) is 9.88. The molecule has 0 unspecified atom stereocenters. The van der Waals surface area contributed by atoms with Crippen molar-refractivity contribution in [2.75, 3.05) is 0 Å². The van der Waals surface area contributed by atoms with Gasteiger partial charge < -0.3 is 9.13 Å². The fraction of sp³-hybridized carbons (Fsp3) is 0.0448. The van der Waals surface area contributed by atoms with Crippen LogP contribution in [0.2, 0.25) is 0 Å². The van der Waals surface area contributed by atoms with Crippen LogP contribution in [0.5, 0.6) is 0 Å². The quantitative estimate of drug-likeness (QED) is 0.156. The van der Waals surface area contributed by atoms with Gasteiger partial charge in [-0.1, -0.05) is 190 Å². The van der Waals surface area contributed by atoms with Gasteiger partial charge in [0, 0.05) is 38.3 Å². The fourth-order valence-corrected chi connectivity index (χ4v) is 12.9. The number of benzene rings is 11. The van der Waals surface area contributed by atoms with E-state index >= 15 is 0 Å². The first-order valence-electron chi connectivity index (χ1n) is 24.1. The molecule has 0 saturated carbocycles. The summed E-state index contributed by atoms with van der Waals surface area (Å²) >= 11 is 0. The van der Waals surface area contributed by atoms with Gasteiger partial charge in [-0.25, -0.2) is 0 Å². The molecule has 0 saturated heterocycles. The Labute approximate surface area is 400 Å². The molecule has 2 aliphatic carbocycles. The van der Waals surface area contributed by atoms with E-state index in [1.807, 2.05) is 0 Å². The lowest BCUT2D eigenvalue weighted by Gasteiger charge is -2.27. The van der Waals surface area contributed by atoms with Crippen molar-refractivity contribution in [3.63, 3.8) is 0 Å². The van der Waals surface area contributed by atoms with Gasteiger partial charge in [0.25, 0.3) is 0 Å². The van der Waals surface area contributed by atoms with Crippen molar-refractivity contribution in [3.8, 4) is 55.9 Å². The molecule has 2 aliphatic rings. The Hall–Kier alpha value is -8.72. The lowest BCUT2D eigenvalue weighted by molar-refractivity contribution is 0.662. The Morgan fingerprint density at radius 1 is 0.304 bits per heavy atom. The Bertz CT molecular complexity index is 4310. The fourth-order valence-electron chi connectivity index (χ4n) is 12.9. The van der Waals surface area contributed by atoms with Crippen molar-refractivity contribution < 1.29 is 0 Å². The van der Waals surface area contributed by atoms with Crippen LogP contribution < -0.4 is 0 Å². The van der Waals surface area contributed by atoms with Crippen LogP contribution in [0.25, 0.3) is 127 Å². The maximum Gasteiger partial charge on any atom is 0.0541 e. The number of para-hydroxylation sites is 4. The molecule has 0 fully saturated rings. The van der Waals surface area contributed by atoms with Crippen molar-refractivity contribution in [2.24, 2.45) is 0 Å². The smallest absolute Gasteiger partial charge is 0.0541 e. The van der Waals surface area contributed by atoms with E-state index in [1.165, 1.54) is 132 Å². The van der Waals surface area contributed by atoms with E-state index in [9.17, 15) is 0 Å². The van der Waals surface area contributed by atoms with Crippen LogP contribution in [-0.2, 0) is 5.41 Å². The Morgan fingerprint density at radius 2 is 0.710 bits per heavy atom. The van der Waals surface area contributed by atoms with E-state index < -0.39 is 0 Å². The Balaban J connectivity index is 1.13. The van der Waals surface area contributed by atoms with E-state index in [1.54, 1.807) is 0 Å². The number of hydrogen-bond donors (Lipinski definition) is 0. The van der Waals surface area contributed by atoms with Gasteiger partial charge >= 0.3 is 0 Å². The largest absolute Gasteiger partial charge is 0.309 e. The van der Waals surface area contributed by atoms with Crippen LogP contribution in [0.15, 0.2) is 225 Å². The van der Waals surface area contributed by atoms with Crippen molar-refractivity contribution in [1.29, 1.82) is 0 Å². The summed E-state index contributed by atoms with van der Waals surface area (Å²) in [5.41, 5.74) is 23.1. The summed E-state index contributed by atoms with van der Waals surface area (Å²) < 4.78 is 4.93. The van der Waals surface area contributed by atoms with Crippen LogP contribution in [0.4, 0.5) is 0 Å². The number of hydrogen-bond acceptors (Lipinski definition) is 0. The average molecular weight is 877 g/mol. The third-order valence-corrected chi connectivity index (χ3v) is 15.8. The number of fused-ring (bicyclic) bond motifs is 14. The molecule has 0 aliphatic heterocycles. The van der Waals surface area contributed by atoms with Gasteiger partial charge in [0.2, 0.25) is 0 Å². The lowest BCUT2D eigenvalue weighted by atomic mass is 9.76. The highest BCUT2D eigenvalue weighted by molar-refractivity contribution is 6.25. The van der Waals surface area contributed by atoms with Gasteiger partial charge in [-0.05, 0) is 142 Å². The van der Waals surface area contributed by atoms with Gasteiger partial charge in [-0.15, -0.1) is 0 Å². The van der Waals surface area contributed by atoms with Crippen LogP contribution in [-0.4, -0.2) is 9.13 Å². The van der Waals surface area contributed by atoms with Gasteiger partial charge in [-0.2, -0.15) is 0 Å². The summed E-state index contributed by atoms with van der Waals surface area (Å²) in [4.78, 5) is 0. The third kappa shape index (κ3) is 5.10. The molecule has 2 nitrogen and oxygen atoms in total. The molecule has 0 spiro atoms. The highest BCUT2D eigenvalue weighted by Crippen LogP contribution is 2.56. The molecular formula is C67H44N2.